The molecule has 1 heterocycles. The summed E-state index contributed by atoms with van der Waals surface area (Å²) in [5.41, 5.74) is 1.04. The van der Waals surface area contributed by atoms with Crippen molar-refractivity contribution < 1.29 is 0 Å². The lowest BCUT2D eigenvalue weighted by Gasteiger charge is -1.91. The van der Waals surface area contributed by atoms with Gasteiger partial charge < -0.3 is 10.4 Å². The van der Waals surface area contributed by atoms with Crippen molar-refractivity contribution in [2.45, 2.75) is 13.8 Å². The van der Waals surface area contributed by atoms with Gasteiger partial charge in [-0.15, -0.1) is 0 Å². The molecular weight excluding hydrogens is 140 g/mol. The second-order valence-corrected chi connectivity index (χ2v) is 2.11. The maximum atomic E-state index is 7.31. The lowest BCUT2D eigenvalue weighted by atomic mass is 10.3. The summed E-state index contributed by atoms with van der Waals surface area (Å²) in [6.45, 7) is 3.51. The summed E-state index contributed by atoms with van der Waals surface area (Å²) in [7, 11) is 0. The highest BCUT2D eigenvalue weighted by Crippen LogP contribution is 2.12. The van der Waals surface area contributed by atoms with E-state index < -0.39 is 0 Å². The Morgan fingerprint density at radius 1 is 1.82 bits per heavy atom. The number of aliphatic imine (C=N–C) groups is 1. The topological polar surface area (TPSA) is 64.9 Å². The Morgan fingerprint density at radius 2 is 2.55 bits per heavy atom. The fourth-order valence-corrected chi connectivity index (χ4v) is 0.789. The zero-order valence-electron chi connectivity index (χ0n) is 6.55. The Balaban J connectivity index is 3.05. The van der Waals surface area contributed by atoms with Crippen LogP contribution in [0.4, 0.5) is 5.82 Å². The van der Waals surface area contributed by atoms with Gasteiger partial charge >= 0.3 is 0 Å². The average Bonchev–Trinajstić information content (AvgIpc) is 2.36. The minimum absolute atomic E-state index is 0.423. The first-order chi connectivity index (χ1) is 5.25. The molecule has 1 aromatic rings. The van der Waals surface area contributed by atoms with Gasteiger partial charge in [0.2, 0.25) is 0 Å². The van der Waals surface area contributed by atoms with Crippen LogP contribution in [0.2, 0.25) is 0 Å². The molecule has 0 amide bonds. The number of hydrogen-bond donors (Lipinski definition) is 2. The highest BCUT2D eigenvalue weighted by atomic mass is 15.0. The number of nitrogens with zero attached hydrogens (tertiary/aromatic N) is 2. The van der Waals surface area contributed by atoms with E-state index >= 15 is 0 Å². The first-order valence-electron chi connectivity index (χ1n) is 3.33. The predicted molar refractivity (Wildman–Crippen MR) is 44.9 cm³/mol. The Kier molecular flexibility index (Phi) is 2.15. The summed E-state index contributed by atoms with van der Waals surface area (Å²) in [5.74, 6) is 0.653. The van der Waals surface area contributed by atoms with Crippen LogP contribution < -0.4 is 0 Å². The third-order valence-electron chi connectivity index (χ3n) is 1.23. The lowest BCUT2D eigenvalue weighted by molar-refractivity contribution is 1.29. The smallest absolute Gasteiger partial charge is 0.158 e. The molecule has 58 valence electrons. The highest BCUT2D eigenvalue weighted by Gasteiger charge is 2.04. The largest absolute Gasteiger partial charge is 0.329 e. The standard InChI is InChI=1S/C7H10N4/c1-3-9-7-6(5(2)8)10-4-11-7/h3-4,8H,1-2H3,(H,10,11)/b8-5?,9-3-. The normalized spacial score (nSPS) is 10.7. The van der Waals surface area contributed by atoms with E-state index in [0.29, 0.717) is 17.2 Å². The highest BCUT2D eigenvalue weighted by molar-refractivity contribution is 5.98. The van der Waals surface area contributed by atoms with Gasteiger partial charge in [0.05, 0.1) is 12.0 Å². The van der Waals surface area contributed by atoms with Crippen molar-refractivity contribution in [1.82, 2.24) is 9.97 Å². The maximum Gasteiger partial charge on any atom is 0.158 e. The lowest BCUT2D eigenvalue weighted by Crippen LogP contribution is -1.91. The second-order valence-electron chi connectivity index (χ2n) is 2.11. The Morgan fingerprint density at radius 3 is 3.09 bits per heavy atom. The number of aromatic amines is 1. The number of imidazole rings is 1. The van der Waals surface area contributed by atoms with Crippen molar-refractivity contribution in [2.75, 3.05) is 0 Å². The molecule has 2 N–H and O–H groups in total. The van der Waals surface area contributed by atoms with Gasteiger partial charge in [-0.25, -0.2) is 9.98 Å². The van der Waals surface area contributed by atoms with Crippen molar-refractivity contribution in [1.29, 1.82) is 5.41 Å². The van der Waals surface area contributed by atoms with E-state index in [0.717, 1.165) is 0 Å². The molecule has 4 nitrogen and oxygen atoms in total. The van der Waals surface area contributed by atoms with Gasteiger partial charge in [-0.2, -0.15) is 0 Å². The zero-order valence-corrected chi connectivity index (χ0v) is 6.55. The molecule has 0 aliphatic rings. The molecule has 0 spiro atoms. The first-order valence-corrected chi connectivity index (χ1v) is 3.33. The van der Waals surface area contributed by atoms with E-state index in [1.807, 2.05) is 6.92 Å². The Hall–Kier alpha value is -1.45. The molecular formula is C7H10N4. The van der Waals surface area contributed by atoms with E-state index in [9.17, 15) is 0 Å². The van der Waals surface area contributed by atoms with Gasteiger partial charge in [-0.3, -0.25) is 0 Å². The van der Waals surface area contributed by atoms with Crippen LogP contribution in [0.1, 0.15) is 19.5 Å². The van der Waals surface area contributed by atoms with Crippen LogP contribution in [0.3, 0.4) is 0 Å². The fraction of sp³-hybridized carbons (Fsp3) is 0.286. The van der Waals surface area contributed by atoms with E-state index in [-0.39, 0.29) is 0 Å². The molecule has 1 rings (SSSR count). The van der Waals surface area contributed by atoms with Crippen LogP contribution in [-0.4, -0.2) is 21.9 Å². The van der Waals surface area contributed by atoms with Crippen molar-refractivity contribution in [3.8, 4) is 0 Å². The molecule has 0 bridgehead atoms. The monoisotopic (exact) mass is 150 g/mol. The summed E-state index contributed by atoms with van der Waals surface area (Å²) in [5, 5.41) is 7.31. The third kappa shape index (κ3) is 1.52. The predicted octanol–water partition coefficient (Wildman–Crippen LogP) is 1.52. The summed E-state index contributed by atoms with van der Waals surface area (Å²) < 4.78 is 0. The molecule has 0 aromatic carbocycles. The number of hydrogen-bond acceptors (Lipinski definition) is 3. The van der Waals surface area contributed by atoms with Gasteiger partial charge in [0.25, 0.3) is 0 Å². The maximum absolute atomic E-state index is 7.31. The minimum Gasteiger partial charge on any atom is -0.329 e. The van der Waals surface area contributed by atoms with E-state index in [1.165, 1.54) is 6.33 Å². The summed E-state index contributed by atoms with van der Waals surface area (Å²) >= 11 is 0. The molecule has 0 radical (unpaired) electrons. The summed E-state index contributed by atoms with van der Waals surface area (Å²) in [6.07, 6.45) is 3.20. The second kappa shape index (κ2) is 3.09. The Bertz CT molecular complexity index is 284. The minimum atomic E-state index is 0.423. The van der Waals surface area contributed by atoms with Crippen molar-refractivity contribution >= 4 is 17.7 Å². The quantitative estimate of drug-likeness (QED) is 0.617. The van der Waals surface area contributed by atoms with Gasteiger partial charge in [0, 0.05) is 6.21 Å². The average molecular weight is 150 g/mol. The molecule has 11 heavy (non-hydrogen) atoms. The van der Waals surface area contributed by atoms with E-state index in [1.54, 1.807) is 13.1 Å². The molecule has 4 heteroatoms. The van der Waals surface area contributed by atoms with Crippen molar-refractivity contribution in [3.63, 3.8) is 0 Å². The van der Waals surface area contributed by atoms with Crippen LogP contribution in [0.25, 0.3) is 0 Å². The molecule has 0 saturated carbocycles. The van der Waals surface area contributed by atoms with Crippen LogP contribution in [0, 0.1) is 5.41 Å². The van der Waals surface area contributed by atoms with Crippen molar-refractivity contribution in [3.05, 3.63) is 12.0 Å². The van der Waals surface area contributed by atoms with Gasteiger partial charge in [-0.1, -0.05) is 0 Å². The molecule has 0 atom stereocenters. The summed E-state index contributed by atoms with van der Waals surface area (Å²) in [6, 6.07) is 0. The van der Waals surface area contributed by atoms with Gasteiger partial charge in [0.15, 0.2) is 5.82 Å². The van der Waals surface area contributed by atoms with E-state index in [2.05, 4.69) is 15.0 Å². The van der Waals surface area contributed by atoms with Crippen LogP contribution in [-0.2, 0) is 0 Å². The summed E-state index contributed by atoms with van der Waals surface area (Å²) in [4.78, 5) is 10.8. The van der Waals surface area contributed by atoms with Gasteiger partial charge in [0.1, 0.15) is 5.69 Å². The molecule has 0 saturated heterocycles. The number of nitrogens with one attached hydrogen (secondary N) is 2. The number of H-pyrrole nitrogens is 1. The molecule has 0 aliphatic carbocycles. The number of rotatable bonds is 2. The first kappa shape index (κ1) is 7.65. The molecule has 1 aromatic heterocycles. The third-order valence-corrected chi connectivity index (χ3v) is 1.23. The van der Waals surface area contributed by atoms with Crippen LogP contribution in [0.5, 0.6) is 0 Å². The van der Waals surface area contributed by atoms with Gasteiger partial charge in [-0.05, 0) is 13.8 Å². The SMILES string of the molecule is C/C=N\c1[nH]cnc1C(C)=N. The zero-order chi connectivity index (χ0) is 8.27. The van der Waals surface area contributed by atoms with Crippen LogP contribution in [0.15, 0.2) is 11.3 Å². The molecule has 0 unspecified atom stereocenters. The molecule has 0 fully saturated rings. The van der Waals surface area contributed by atoms with E-state index in [4.69, 9.17) is 5.41 Å². The van der Waals surface area contributed by atoms with Crippen LogP contribution >= 0.6 is 0 Å². The fourth-order valence-electron chi connectivity index (χ4n) is 0.789. The molecule has 0 aliphatic heterocycles. The number of aromatic nitrogens is 2. The van der Waals surface area contributed by atoms with Crippen molar-refractivity contribution in [2.24, 2.45) is 4.99 Å². The Labute approximate surface area is 64.9 Å².